The van der Waals surface area contributed by atoms with E-state index in [2.05, 4.69) is 4.74 Å². The highest BCUT2D eigenvalue weighted by Gasteiger charge is 2.31. The van der Waals surface area contributed by atoms with Gasteiger partial charge in [0.1, 0.15) is 17.2 Å². The van der Waals surface area contributed by atoms with Gasteiger partial charge in [0, 0.05) is 23.0 Å². The summed E-state index contributed by atoms with van der Waals surface area (Å²) in [6.07, 6.45) is -1.18. The minimum Gasteiger partial charge on any atom is -0.482 e. The topological polar surface area (TPSA) is 49.7 Å². The summed E-state index contributed by atoms with van der Waals surface area (Å²) < 4.78 is 53.8. The van der Waals surface area contributed by atoms with E-state index in [-0.39, 0.29) is 11.2 Å². The molecule has 162 valence electrons. The molecule has 0 saturated carbocycles. The van der Waals surface area contributed by atoms with E-state index in [9.17, 15) is 18.0 Å². The van der Waals surface area contributed by atoms with E-state index < -0.39 is 6.36 Å². The van der Waals surface area contributed by atoms with Crippen molar-refractivity contribution in [2.24, 2.45) is 0 Å². The maximum absolute atomic E-state index is 12.4. The normalized spacial score (nSPS) is 13.4. The first kappa shape index (κ1) is 20.8. The van der Waals surface area contributed by atoms with Gasteiger partial charge in [-0.05, 0) is 74.2 Å². The molecular formula is C23H20F3NO4. The SMILES string of the molecule is COc1cc(=O)c2c(n1-c1ccc(Oc3ccc(OC(F)(F)F)cc3)cc1)CCCC2. The fourth-order valence-electron chi connectivity index (χ4n) is 3.74. The van der Waals surface area contributed by atoms with E-state index in [1.165, 1.54) is 37.4 Å². The molecule has 1 aliphatic rings. The van der Waals surface area contributed by atoms with E-state index in [4.69, 9.17) is 9.47 Å². The van der Waals surface area contributed by atoms with Gasteiger partial charge in [-0.3, -0.25) is 9.36 Å². The largest absolute Gasteiger partial charge is 0.573 e. The van der Waals surface area contributed by atoms with Gasteiger partial charge >= 0.3 is 6.36 Å². The quantitative estimate of drug-likeness (QED) is 0.542. The lowest BCUT2D eigenvalue weighted by molar-refractivity contribution is -0.274. The average molecular weight is 431 g/mol. The Hall–Kier alpha value is -3.42. The number of ether oxygens (including phenoxy) is 3. The molecule has 1 aliphatic carbocycles. The third kappa shape index (κ3) is 4.68. The lowest BCUT2D eigenvalue weighted by atomic mass is 9.95. The highest BCUT2D eigenvalue weighted by molar-refractivity contribution is 5.46. The molecule has 31 heavy (non-hydrogen) atoms. The number of pyridine rings is 1. The van der Waals surface area contributed by atoms with E-state index in [0.29, 0.717) is 17.4 Å². The smallest absolute Gasteiger partial charge is 0.482 e. The van der Waals surface area contributed by atoms with Crippen LogP contribution in [-0.4, -0.2) is 18.0 Å². The monoisotopic (exact) mass is 431 g/mol. The van der Waals surface area contributed by atoms with Gasteiger partial charge in [-0.15, -0.1) is 13.2 Å². The van der Waals surface area contributed by atoms with Crippen LogP contribution in [0.5, 0.6) is 23.1 Å². The lowest BCUT2D eigenvalue weighted by Crippen LogP contribution is -2.22. The molecule has 0 aliphatic heterocycles. The van der Waals surface area contributed by atoms with Crippen LogP contribution in [0.15, 0.2) is 59.4 Å². The maximum Gasteiger partial charge on any atom is 0.573 e. The number of nitrogens with zero attached hydrogens (tertiary/aromatic N) is 1. The summed E-state index contributed by atoms with van der Waals surface area (Å²) >= 11 is 0. The summed E-state index contributed by atoms with van der Waals surface area (Å²) in [5.41, 5.74) is 2.62. The number of hydrogen-bond donors (Lipinski definition) is 0. The molecule has 0 radical (unpaired) electrons. The number of aromatic nitrogens is 1. The molecule has 1 heterocycles. The minimum absolute atomic E-state index is 0.000651. The van der Waals surface area contributed by atoms with Crippen LogP contribution in [0.3, 0.4) is 0 Å². The highest BCUT2D eigenvalue weighted by atomic mass is 19.4. The minimum atomic E-state index is -4.74. The van der Waals surface area contributed by atoms with Crippen molar-refractivity contribution in [2.45, 2.75) is 32.0 Å². The number of halogens is 3. The molecule has 8 heteroatoms. The summed E-state index contributed by atoms with van der Waals surface area (Å²) in [6.45, 7) is 0. The number of methoxy groups -OCH3 is 1. The summed E-state index contributed by atoms with van der Waals surface area (Å²) in [5.74, 6) is 1.05. The summed E-state index contributed by atoms with van der Waals surface area (Å²) in [4.78, 5) is 12.4. The van der Waals surface area contributed by atoms with Crippen molar-refractivity contribution in [3.8, 4) is 28.8 Å². The molecule has 0 N–H and O–H groups in total. The van der Waals surface area contributed by atoms with Crippen molar-refractivity contribution in [3.05, 3.63) is 76.1 Å². The van der Waals surface area contributed by atoms with Gasteiger partial charge in [0.15, 0.2) is 5.43 Å². The van der Waals surface area contributed by atoms with E-state index in [1.54, 1.807) is 12.1 Å². The Morgan fingerprint density at radius 2 is 1.45 bits per heavy atom. The Labute approximate surface area is 176 Å². The van der Waals surface area contributed by atoms with Crippen LogP contribution in [0.25, 0.3) is 5.69 Å². The van der Waals surface area contributed by atoms with Crippen molar-refractivity contribution in [1.82, 2.24) is 4.57 Å². The number of rotatable bonds is 5. The number of hydrogen-bond acceptors (Lipinski definition) is 4. The molecule has 0 amide bonds. The Morgan fingerprint density at radius 1 is 0.871 bits per heavy atom. The van der Waals surface area contributed by atoms with Gasteiger partial charge < -0.3 is 14.2 Å². The average Bonchev–Trinajstić information content (AvgIpc) is 2.75. The van der Waals surface area contributed by atoms with Crippen LogP contribution < -0.4 is 19.6 Å². The molecule has 0 bridgehead atoms. The van der Waals surface area contributed by atoms with Gasteiger partial charge in [-0.25, -0.2) is 0 Å². The Bertz CT molecular complexity index is 1120. The Balaban J connectivity index is 1.57. The zero-order valence-electron chi connectivity index (χ0n) is 16.7. The summed E-state index contributed by atoms with van der Waals surface area (Å²) in [5, 5.41) is 0. The summed E-state index contributed by atoms with van der Waals surface area (Å²) in [6, 6.07) is 13.9. The lowest BCUT2D eigenvalue weighted by Gasteiger charge is -2.23. The standard InChI is InChI=1S/C23H20F3NO4/c1-29-22-14-21(28)19-4-2-3-5-20(19)27(22)15-6-8-16(9-7-15)30-17-10-12-18(13-11-17)31-23(24,25)26/h6-14H,2-5H2,1H3. The van der Waals surface area contributed by atoms with E-state index in [0.717, 1.165) is 42.6 Å². The summed E-state index contributed by atoms with van der Waals surface area (Å²) in [7, 11) is 1.53. The molecular weight excluding hydrogens is 411 g/mol. The predicted molar refractivity (Wildman–Crippen MR) is 108 cm³/mol. The second-order valence-corrected chi connectivity index (χ2v) is 7.13. The number of alkyl halides is 3. The first-order valence-corrected chi connectivity index (χ1v) is 9.80. The van der Waals surface area contributed by atoms with Crippen molar-refractivity contribution in [3.63, 3.8) is 0 Å². The Morgan fingerprint density at radius 3 is 2.06 bits per heavy atom. The van der Waals surface area contributed by atoms with Crippen molar-refractivity contribution >= 4 is 0 Å². The molecule has 3 aromatic rings. The predicted octanol–water partition coefficient (Wildman–Crippen LogP) is 5.42. The second kappa shape index (κ2) is 8.37. The fourth-order valence-corrected chi connectivity index (χ4v) is 3.74. The first-order chi connectivity index (χ1) is 14.8. The van der Waals surface area contributed by atoms with Crippen LogP contribution in [0, 0.1) is 0 Å². The van der Waals surface area contributed by atoms with Crippen molar-refractivity contribution in [1.29, 1.82) is 0 Å². The molecule has 0 fully saturated rings. The fraction of sp³-hybridized carbons (Fsp3) is 0.261. The molecule has 4 rings (SSSR count). The van der Waals surface area contributed by atoms with Gasteiger partial charge in [0.05, 0.1) is 7.11 Å². The molecule has 2 aromatic carbocycles. The van der Waals surface area contributed by atoms with Gasteiger partial charge in [-0.2, -0.15) is 0 Å². The van der Waals surface area contributed by atoms with Crippen molar-refractivity contribution < 1.29 is 27.4 Å². The third-order valence-electron chi connectivity index (χ3n) is 5.08. The first-order valence-electron chi connectivity index (χ1n) is 9.80. The molecule has 0 saturated heterocycles. The van der Waals surface area contributed by atoms with E-state index >= 15 is 0 Å². The molecule has 0 atom stereocenters. The number of fused-ring (bicyclic) bond motifs is 1. The van der Waals surface area contributed by atoms with Gasteiger partial charge in [-0.1, -0.05) is 0 Å². The van der Waals surface area contributed by atoms with Crippen LogP contribution in [-0.2, 0) is 12.8 Å². The molecule has 5 nitrogen and oxygen atoms in total. The van der Waals surface area contributed by atoms with Crippen LogP contribution in [0.1, 0.15) is 24.1 Å². The third-order valence-corrected chi connectivity index (χ3v) is 5.08. The second-order valence-electron chi connectivity index (χ2n) is 7.13. The maximum atomic E-state index is 12.4. The highest BCUT2D eigenvalue weighted by Crippen LogP contribution is 2.30. The van der Waals surface area contributed by atoms with Crippen molar-refractivity contribution in [2.75, 3.05) is 7.11 Å². The van der Waals surface area contributed by atoms with Gasteiger partial charge in [0.25, 0.3) is 0 Å². The molecule has 0 spiro atoms. The zero-order chi connectivity index (χ0) is 22.0. The van der Waals surface area contributed by atoms with Crippen LogP contribution in [0.4, 0.5) is 13.2 Å². The molecule has 0 unspecified atom stereocenters. The van der Waals surface area contributed by atoms with E-state index in [1.807, 2.05) is 16.7 Å². The van der Waals surface area contributed by atoms with Crippen LogP contribution >= 0.6 is 0 Å². The van der Waals surface area contributed by atoms with Crippen LogP contribution in [0.2, 0.25) is 0 Å². The molecule has 1 aromatic heterocycles. The zero-order valence-corrected chi connectivity index (χ0v) is 16.7. The number of benzene rings is 2. The van der Waals surface area contributed by atoms with Gasteiger partial charge in [0.2, 0.25) is 5.88 Å². The Kier molecular flexibility index (Phi) is 5.63.